The van der Waals surface area contributed by atoms with Gasteiger partial charge in [-0.05, 0) is 5.56 Å². The predicted molar refractivity (Wildman–Crippen MR) is 76.3 cm³/mol. The van der Waals surface area contributed by atoms with Crippen LogP contribution in [0.5, 0.6) is 0 Å². The first-order valence-electron chi connectivity index (χ1n) is 6.63. The predicted octanol–water partition coefficient (Wildman–Crippen LogP) is 3.04. The van der Waals surface area contributed by atoms with Gasteiger partial charge in [0.15, 0.2) is 0 Å². The van der Waals surface area contributed by atoms with Crippen LogP contribution in [-0.4, -0.2) is 34.2 Å². The van der Waals surface area contributed by atoms with Crippen molar-refractivity contribution < 1.29 is 22.8 Å². The number of halogens is 3. The van der Waals surface area contributed by atoms with E-state index in [-0.39, 0.29) is 12.2 Å². The van der Waals surface area contributed by atoms with Gasteiger partial charge in [0.25, 0.3) is 0 Å². The normalized spacial score (nSPS) is 11.3. The Morgan fingerprint density at radius 1 is 1.35 bits per heavy atom. The topological polar surface area (TPSA) is 59.4 Å². The second-order valence-electron chi connectivity index (χ2n) is 4.68. The fourth-order valence-corrected chi connectivity index (χ4v) is 1.85. The molecule has 0 fully saturated rings. The van der Waals surface area contributed by atoms with Gasteiger partial charge in [-0.25, -0.2) is 4.79 Å². The van der Waals surface area contributed by atoms with Crippen molar-refractivity contribution in [3.63, 3.8) is 0 Å². The number of alkyl halides is 3. The van der Waals surface area contributed by atoms with Crippen molar-refractivity contribution in [3.8, 4) is 0 Å². The molecular formula is C14H15F3N4O2. The van der Waals surface area contributed by atoms with Gasteiger partial charge in [0.05, 0.1) is 25.5 Å². The number of aromatic nitrogens is 2. The van der Waals surface area contributed by atoms with Crippen LogP contribution in [0.25, 0.3) is 0 Å². The largest absolute Gasteiger partial charge is 0.408 e. The molecule has 0 saturated heterocycles. The molecule has 0 spiro atoms. The van der Waals surface area contributed by atoms with E-state index < -0.39 is 18.8 Å². The van der Waals surface area contributed by atoms with E-state index in [1.54, 1.807) is 0 Å². The molecule has 9 heteroatoms. The zero-order valence-electron chi connectivity index (χ0n) is 12.2. The number of carbonyl (C=O) groups excluding carboxylic acids is 1. The Bertz CT molecular complexity index is 643. The van der Waals surface area contributed by atoms with Crippen LogP contribution in [0.1, 0.15) is 5.56 Å². The van der Waals surface area contributed by atoms with Gasteiger partial charge in [-0.2, -0.15) is 23.3 Å². The summed E-state index contributed by atoms with van der Waals surface area (Å²) >= 11 is 0. The molecule has 0 aliphatic rings. The first-order chi connectivity index (χ1) is 10.9. The number of urea groups is 1. The number of hydrogen-bond donors (Lipinski definition) is 1. The van der Waals surface area contributed by atoms with Crippen LogP contribution in [0.2, 0.25) is 0 Å². The van der Waals surface area contributed by atoms with Crippen LogP contribution in [0, 0.1) is 0 Å². The Morgan fingerprint density at radius 3 is 2.65 bits per heavy atom. The minimum atomic E-state index is -4.38. The van der Waals surface area contributed by atoms with Gasteiger partial charge >= 0.3 is 12.2 Å². The molecule has 2 rings (SSSR count). The lowest BCUT2D eigenvalue weighted by Crippen LogP contribution is -2.33. The van der Waals surface area contributed by atoms with Gasteiger partial charge in [0.1, 0.15) is 6.54 Å². The minimum absolute atomic E-state index is 0.148. The standard InChI is InChI=1S/C14H15F3N4O2/c1-23-21(8-11-5-3-2-4-6-11)13(22)19-12-7-18-20(9-12)10-14(15,16)17/h2-7,9H,8,10H2,1H3,(H,19,22). The van der Waals surface area contributed by atoms with Crippen molar-refractivity contribution in [2.45, 2.75) is 19.3 Å². The van der Waals surface area contributed by atoms with Gasteiger partial charge < -0.3 is 5.32 Å². The first-order valence-corrected chi connectivity index (χ1v) is 6.63. The lowest BCUT2D eigenvalue weighted by Gasteiger charge is -2.19. The zero-order chi connectivity index (χ0) is 16.9. The summed E-state index contributed by atoms with van der Waals surface area (Å²) in [6.45, 7) is -1.03. The fourth-order valence-electron chi connectivity index (χ4n) is 1.85. The highest BCUT2D eigenvalue weighted by Gasteiger charge is 2.28. The van der Waals surface area contributed by atoms with Crippen molar-refractivity contribution in [1.29, 1.82) is 0 Å². The lowest BCUT2D eigenvalue weighted by atomic mass is 10.2. The van der Waals surface area contributed by atoms with Crippen LogP contribution < -0.4 is 5.32 Å². The monoisotopic (exact) mass is 328 g/mol. The average Bonchev–Trinajstić information content (AvgIpc) is 2.90. The van der Waals surface area contributed by atoms with E-state index in [9.17, 15) is 18.0 Å². The average molecular weight is 328 g/mol. The van der Waals surface area contributed by atoms with Crippen LogP contribution in [0.4, 0.5) is 23.7 Å². The van der Waals surface area contributed by atoms with E-state index in [0.717, 1.165) is 23.0 Å². The third-order valence-corrected chi connectivity index (χ3v) is 2.84. The van der Waals surface area contributed by atoms with Crippen molar-refractivity contribution in [3.05, 3.63) is 48.3 Å². The van der Waals surface area contributed by atoms with Crippen molar-refractivity contribution in [1.82, 2.24) is 14.8 Å². The number of nitrogens with one attached hydrogen (secondary N) is 1. The van der Waals surface area contributed by atoms with E-state index in [4.69, 9.17) is 4.84 Å². The van der Waals surface area contributed by atoms with Crippen LogP contribution in [-0.2, 0) is 17.9 Å². The van der Waals surface area contributed by atoms with E-state index in [2.05, 4.69) is 10.4 Å². The number of benzene rings is 1. The molecule has 0 radical (unpaired) electrons. The summed E-state index contributed by atoms with van der Waals surface area (Å²) in [6, 6.07) is 8.52. The highest BCUT2D eigenvalue weighted by atomic mass is 19.4. The lowest BCUT2D eigenvalue weighted by molar-refractivity contribution is -0.142. The van der Waals surface area contributed by atoms with Crippen molar-refractivity contribution in [2.24, 2.45) is 0 Å². The van der Waals surface area contributed by atoms with E-state index >= 15 is 0 Å². The molecule has 0 unspecified atom stereocenters. The molecule has 0 bridgehead atoms. The van der Waals surface area contributed by atoms with Gasteiger partial charge in [-0.15, -0.1) is 0 Å². The summed E-state index contributed by atoms with van der Waals surface area (Å²) in [5, 5.41) is 7.03. The molecule has 1 N–H and O–H groups in total. The van der Waals surface area contributed by atoms with E-state index in [0.29, 0.717) is 4.68 Å². The molecule has 124 valence electrons. The Hall–Kier alpha value is -2.55. The van der Waals surface area contributed by atoms with Crippen molar-refractivity contribution >= 4 is 11.7 Å². The molecule has 2 amide bonds. The maximum Gasteiger partial charge on any atom is 0.408 e. The molecule has 0 aliphatic carbocycles. The number of nitrogens with zero attached hydrogens (tertiary/aromatic N) is 3. The van der Waals surface area contributed by atoms with Gasteiger partial charge in [0, 0.05) is 6.20 Å². The number of hydroxylamine groups is 2. The molecule has 0 saturated carbocycles. The Labute approximate surface area is 130 Å². The second-order valence-corrected chi connectivity index (χ2v) is 4.68. The highest BCUT2D eigenvalue weighted by Crippen LogP contribution is 2.18. The third kappa shape index (κ3) is 5.29. The molecular weight excluding hydrogens is 313 g/mol. The van der Waals surface area contributed by atoms with Gasteiger partial charge in [0.2, 0.25) is 0 Å². The molecule has 0 aliphatic heterocycles. The second kappa shape index (κ2) is 7.14. The number of anilines is 1. The van der Waals surface area contributed by atoms with E-state index in [1.165, 1.54) is 7.11 Å². The molecule has 1 heterocycles. The van der Waals surface area contributed by atoms with E-state index in [1.807, 2.05) is 30.3 Å². The summed E-state index contributed by atoms with van der Waals surface area (Å²) in [7, 11) is 1.33. The molecule has 6 nitrogen and oxygen atoms in total. The van der Waals surface area contributed by atoms with Crippen LogP contribution >= 0.6 is 0 Å². The maximum atomic E-state index is 12.3. The smallest absolute Gasteiger partial charge is 0.303 e. The fraction of sp³-hybridized carbons (Fsp3) is 0.286. The first kappa shape index (κ1) is 16.8. The summed E-state index contributed by atoms with van der Waals surface area (Å²) in [6.07, 6.45) is -2.14. The van der Waals surface area contributed by atoms with Crippen LogP contribution in [0.15, 0.2) is 42.7 Å². The molecule has 2 aromatic rings. The van der Waals surface area contributed by atoms with Crippen molar-refractivity contribution in [2.75, 3.05) is 12.4 Å². The summed E-state index contributed by atoms with van der Waals surface area (Å²) in [5.41, 5.74) is 0.992. The molecule has 1 aromatic carbocycles. The number of amides is 2. The van der Waals surface area contributed by atoms with Gasteiger partial charge in [-0.3, -0.25) is 9.52 Å². The summed E-state index contributed by atoms with van der Waals surface area (Å²) in [5.74, 6) is 0. The number of hydrogen-bond acceptors (Lipinski definition) is 3. The van der Waals surface area contributed by atoms with Crippen LogP contribution in [0.3, 0.4) is 0 Å². The highest BCUT2D eigenvalue weighted by molar-refractivity contribution is 5.88. The zero-order valence-corrected chi connectivity index (χ0v) is 12.2. The Morgan fingerprint density at radius 2 is 2.04 bits per heavy atom. The minimum Gasteiger partial charge on any atom is -0.303 e. The summed E-state index contributed by atoms with van der Waals surface area (Å²) < 4.78 is 37.5. The number of carbonyl (C=O) groups is 1. The Kier molecular flexibility index (Phi) is 5.22. The van der Waals surface area contributed by atoms with Gasteiger partial charge in [-0.1, -0.05) is 30.3 Å². The third-order valence-electron chi connectivity index (χ3n) is 2.84. The molecule has 1 aromatic heterocycles. The summed E-state index contributed by atoms with van der Waals surface area (Å²) in [4.78, 5) is 17.1. The quantitative estimate of drug-likeness (QED) is 0.858. The Balaban J connectivity index is 1.97. The molecule has 0 atom stereocenters. The molecule has 23 heavy (non-hydrogen) atoms. The maximum absolute atomic E-state index is 12.3. The number of rotatable bonds is 5. The SMILES string of the molecule is CON(Cc1ccccc1)C(=O)Nc1cnn(CC(F)(F)F)c1.